The minimum absolute atomic E-state index is 0.0126. The van der Waals surface area contributed by atoms with Gasteiger partial charge in [-0.2, -0.15) is 13.2 Å². The lowest BCUT2D eigenvalue weighted by atomic mass is 9.98. The van der Waals surface area contributed by atoms with Gasteiger partial charge in [-0.1, -0.05) is 23.7 Å². The monoisotopic (exact) mass is 535 g/mol. The molecule has 2 heterocycles. The molecule has 0 spiro atoms. The summed E-state index contributed by atoms with van der Waals surface area (Å²) in [5.41, 5.74) is -1.08. The van der Waals surface area contributed by atoms with Crippen LogP contribution in [0, 0.1) is 6.92 Å². The maximum absolute atomic E-state index is 13.3. The second-order valence-corrected chi connectivity index (χ2v) is 8.67. The van der Waals surface area contributed by atoms with Crippen LogP contribution in [-0.2, 0) is 22.3 Å². The molecule has 1 aromatic heterocycles. The minimum atomic E-state index is -4.59. The highest BCUT2D eigenvalue weighted by atomic mass is 35.5. The third-order valence-corrected chi connectivity index (χ3v) is 6.20. The zero-order valence-electron chi connectivity index (χ0n) is 19.9. The van der Waals surface area contributed by atoms with Gasteiger partial charge in [-0.25, -0.2) is 0 Å². The molecule has 1 saturated heterocycles. The Hall–Kier alpha value is -3.92. The van der Waals surface area contributed by atoms with Gasteiger partial charge in [0.25, 0.3) is 11.7 Å². The summed E-state index contributed by atoms with van der Waals surface area (Å²) in [4.78, 5) is 27.4. The van der Waals surface area contributed by atoms with Gasteiger partial charge in [0.2, 0.25) is 0 Å². The molecule has 7 nitrogen and oxygen atoms in total. The zero-order chi connectivity index (χ0) is 27.1. The van der Waals surface area contributed by atoms with Gasteiger partial charge in [-0.3, -0.25) is 9.59 Å². The highest BCUT2D eigenvalue weighted by Gasteiger charge is 2.48. The number of nitrogens with zero attached hydrogens (tertiary/aromatic N) is 1. The Kier molecular flexibility index (Phi) is 6.96. The Balaban J connectivity index is 1.88. The van der Waals surface area contributed by atoms with Crippen LogP contribution in [0.3, 0.4) is 0 Å². The number of amides is 1. The first-order valence-corrected chi connectivity index (χ1v) is 11.3. The molecule has 0 bridgehead atoms. The number of carbonyl (C=O) groups is 2. The number of aliphatic hydroxyl groups excluding tert-OH is 1. The number of alkyl halides is 3. The summed E-state index contributed by atoms with van der Waals surface area (Å²) in [6.07, 6.45) is -4.59. The van der Waals surface area contributed by atoms with Crippen molar-refractivity contribution in [3.05, 3.63) is 87.3 Å². The van der Waals surface area contributed by atoms with Crippen molar-refractivity contribution in [2.75, 3.05) is 14.2 Å². The number of furan rings is 1. The van der Waals surface area contributed by atoms with Crippen LogP contribution in [0.2, 0.25) is 5.02 Å². The highest BCUT2D eigenvalue weighted by molar-refractivity contribution is 6.46. The second-order valence-electron chi connectivity index (χ2n) is 8.26. The summed E-state index contributed by atoms with van der Waals surface area (Å²) in [7, 11) is 2.72. The molecule has 11 heteroatoms. The number of aliphatic hydroxyl groups is 1. The largest absolute Gasteiger partial charge is 0.507 e. The number of hydrogen-bond donors (Lipinski definition) is 1. The maximum atomic E-state index is 13.3. The average molecular weight is 536 g/mol. The molecule has 1 amide bonds. The van der Waals surface area contributed by atoms with E-state index < -0.39 is 35.2 Å². The van der Waals surface area contributed by atoms with Gasteiger partial charge in [0.1, 0.15) is 34.8 Å². The predicted octanol–water partition coefficient (Wildman–Crippen LogP) is 5.90. The Labute approximate surface area is 214 Å². The number of halogens is 4. The van der Waals surface area contributed by atoms with Crippen molar-refractivity contribution in [3.8, 4) is 11.5 Å². The third-order valence-electron chi connectivity index (χ3n) is 5.91. The van der Waals surface area contributed by atoms with Crippen LogP contribution in [0.5, 0.6) is 11.5 Å². The topological polar surface area (TPSA) is 89.2 Å². The Morgan fingerprint density at radius 3 is 2.38 bits per heavy atom. The lowest BCUT2D eigenvalue weighted by molar-refractivity contribution is -0.140. The molecule has 1 aliphatic rings. The van der Waals surface area contributed by atoms with E-state index in [2.05, 4.69) is 0 Å². The van der Waals surface area contributed by atoms with E-state index in [0.29, 0.717) is 5.76 Å². The van der Waals surface area contributed by atoms with E-state index in [9.17, 15) is 27.9 Å². The number of methoxy groups -OCH3 is 2. The first-order chi connectivity index (χ1) is 17.5. The van der Waals surface area contributed by atoms with E-state index in [1.165, 1.54) is 44.6 Å². The van der Waals surface area contributed by atoms with E-state index in [1.807, 2.05) is 0 Å². The molecule has 0 saturated carbocycles. The second kappa shape index (κ2) is 9.85. The first kappa shape index (κ1) is 26.2. The lowest BCUT2D eigenvalue weighted by Crippen LogP contribution is -2.29. The fraction of sp³-hybridized carbons (Fsp3) is 0.231. The summed E-state index contributed by atoms with van der Waals surface area (Å²) in [6.45, 7) is 1.30. The summed E-state index contributed by atoms with van der Waals surface area (Å²) < 4.78 is 56.0. The molecule has 194 valence electrons. The average Bonchev–Trinajstić information content (AvgIpc) is 3.39. The van der Waals surface area contributed by atoms with Crippen LogP contribution in [-0.4, -0.2) is 35.9 Å². The molecule has 4 rings (SSSR count). The molecule has 3 aromatic rings. The summed E-state index contributed by atoms with van der Waals surface area (Å²) in [5, 5.41) is 11.4. The van der Waals surface area contributed by atoms with Crippen molar-refractivity contribution in [3.63, 3.8) is 0 Å². The highest BCUT2D eigenvalue weighted by Crippen LogP contribution is 2.44. The van der Waals surface area contributed by atoms with Gasteiger partial charge in [0.05, 0.1) is 35.9 Å². The van der Waals surface area contributed by atoms with E-state index in [0.717, 1.165) is 17.0 Å². The third kappa shape index (κ3) is 4.89. The number of rotatable bonds is 6. The van der Waals surface area contributed by atoms with Gasteiger partial charge in [0.15, 0.2) is 0 Å². The number of ketones is 1. The van der Waals surface area contributed by atoms with Crippen LogP contribution in [0.15, 0.2) is 58.5 Å². The van der Waals surface area contributed by atoms with E-state index >= 15 is 0 Å². The van der Waals surface area contributed by atoms with Crippen LogP contribution < -0.4 is 9.47 Å². The predicted molar refractivity (Wildman–Crippen MR) is 127 cm³/mol. The van der Waals surface area contributed by atoms with E-state index in [4.69, 9.17) is 25.5 Å². The van der Waals surface area contributed by atoms with Crippen molar-refractivity contribution < 1.29 is 41.8 Å². The zero-order valence-corrected chi connectivity index (χ0v) is 20.6. The van der Waals surface area contributed by atoms with Crippen molar-refractivity contribution in [1.29, 1.82) is 0 Å². The van der Waals surface area contributed by atoms with Gasteiger partial charge >= 0.3 is 6.18 Å². The van der Waals surface area contributed by atoms with Crippen LogP contribution in [0.1, 0.15) is 34.3 Å². The Morgan fingerprint density at radius 1 is 1.08 bits per heavy atom. The number of aryl methyl sites for hydroxylation is 1. The Morgan fingerprint density at radius 2 is 1.78 bits per heavy atom. The van der Waals surface area contributed by atoms with E-state index in [-0.39, 0.29) is 45.5 Å². The van der Waals surface area contributed by atoms with Gasteiger partial charge in [0, 0.05) is 12.6 Å². The quantitative estimate of drug-likeness (QED) is 0.240. The number of carbonyl (C=O) groups excluding carboxylic acids is 2. The van der Waals surface area contributed by atoms with Gasteiger partial charge in [-0.15, -0.1) is 0 Å². The van der Waals surface area contributed by atoms with Crippen molar-refractivity contribution in [1.82, 2.24) is 4.90 Å². The molecular weight excluding hydrogens is 515 g/mol. The molecule has 1 atom stereocenters. The molecular formula is C26H21ClF3NO6. The minimum Gasteiger partial charge on any atom is -0.507 e. The molecule has 0 aliphatic carbocycles. The maximum Gasteiger partial charge on any atom is 0.416 e. The number of Topliss-reactive ketones (excluding diaryl/α,β-unsaturated/α-hetero) is 1. The van der Waals surface area contributed by atoms with Crippen LogP contribution in [0.25, 0.3) is 5.76 Å². The molecule has 1 fully saturated rings. The van der Waals surface area contributed by atoms with Crippen LogP contribution in [0.4, 0.5) is 13.2 Å². The van der Waals surface area contributed by atoms with Crippen molar-refractivity contribution in [2.24, 2.45) is 0 Å². The summed E-state index contributed by atoms with van der Waals surface area (Å²) in [5.74, 6) is -1.69. The SMILES string of the molecule is COc1cc(OC)c(/C(O)=C2\C(=O)C(=O)N(Cc3cccc(C(F)(F)F)c3)C2c2ccc(C)o2)cc1Cl. The summed E-state index contributed by atoms with van der Waals surface area (Å²) in [6, 6.07) is 9.05. The summed E-state index contributed by atoms with van der Waals surface area (Å²) >= 11 is 6.23. The van der Waals surface area contributed by atoms with Gasteiger partial charge in [-0.05, 0) is 42.8 Å². The first-order valence-electron chi connectivity index (χ1n) is 10.9. The smallest absolute Gasteiger partial charge is 0.416 e. The number of ether oxygens (including phenoxy) is 2. The molecule has 37 heavy (non-hydrogen) atoms. The standard InChI is InChI=1S/C26H21ClF3NO6/c1-13-7-8-18(37-13)22-21(23(32)16-10-17(27)20(36-3)11-19(16)35-2)24(33)25(34)31(22)12-14-5-4-6-15(9-14)26(28,29)30/h4-11,22,32H,12H2,1-3H3/b23-21+. The molecule has 1 aliphatic heterocycles. The van der Waals surface area contributed by atoms with E-state index in [1.54, 1.807) is 13.0 Å². The number of benzene rings is 2. The lowest BCUT2D eigenvalue weighted by Gasteiger charge is -2.24. The fourth-order valence-corrected chi connectivity index (χ4v) is 4.41. The molecule has 0 radical (unpaired) electrons. The van der Waals surface area contributed by atoms with Crippen molar-refractivity contribution in [2.45, 2.75) is 25.7 Å². The molecule has 1 unspecified atom stereocenters. The van der Waals surface area contributed by atoms with Crippen molar-refractivity contribution >= 4 is 29.1 Å². The number of likely N-dealkylation sites (tertiary alicyclic amines) is 1. The Bertz CT molecular complexity index is 1410. The fourth-order valence-electron chi connectivity index (χ4n) is 4.17. The normalized spacial score (nSPS) is 17.4. The van der Waals surface area contributed by atoms with Crippen LogP contribution >= 0.6 is 11.6 Å². The molecule has 2 aromatic carbocycles. The van der Waals surface area contributed by atoms with Gasteiger partial charge < -0.3 is 23.9 Å². The molecule has 1 N–H and O–H groups in total. The number of hydrogen-bond acceptors (Lipinski definition) is 6.